The van der Waals surface area contributed by atoms with E-state index in [0.717, 1.165) is 12.0 Å². The van der Waals surface area contributed by atoms with Crippen molar-refractivity contribution in [3.63, 3.8) is 0 Å². The fourth-order valence-corrected chi connectivity index (χ4v) is 4.29. The number of hydrogen-bond donors (Lipinski definition) is 1. The first-order valence-electron chi connectivity index (χ1n) is 9.74. The maximum Gasteiger partial charge on any atom is 0.353 e. The van der Waals surface area contributed by atoms with Crippen LogP contribution in [0.3, 0.4) is 0 Å². The second-order valence-electron chi connectivity index (χ2n) is 7.42. The Morgan fingerprint density at radius 1 is 1.13 bits per heavy atom. The quantitative estimate of drug-likeness (QED) is 0.721. The Hall–Kier alpha value is -3.81. The van der Waals surface area contributed by atoms with Gasteiger partial charge in [-0.2, -0.15) is 10.1 Å². The molecule has 2 aliphatic rings. The van der Waals surface area contributed by atoms with Gasteiger partial charge in [-0.3, -0.25) is 14.5 Å². The number of amides is 1. The number of aromatic nitrogens is 3. The van der Waals surface area contributed by atoms with Gasteiger partial charge in [-0.25, -0.2) is 9.48 Å². The molecule has 3 aromatic rings. The zero-order valence-electron chi connectivity index (χ0n) is 16.2. The molecule has 2 aliphatic heterocycles. The summed E-state index contributed by atoms with van der Waals surface area (Å²) in [5, 5.41) is 14.7. The molecule has 0 saturated carbocycles. The molecule has 150 valence electrons. The summed E-state index contributed by atoms with van der Waals surface area (Å²) < 4.78 is 1.24. The van der Waals surface area contributed by atoms with E-state index in [4.69, 9.17) is 0 Å². The molecule has 2 aromatic carbocycles. The van der Waals surface area contributed by atoms with Crippen molar-refractivity contribution in [1.29, 1.82) is 0 Å². The van der Waals surface area contributed by atoms with Gasteiger partial charge in [0.15, 0.2) is 11.5 Å². The standard InChI is InChI=1S/C22H18N4O4/c1-2-13-7-9-14(10-8-13)18-20(28)23-19-15-5-3-4-6-16(15)25-17(27)11-12-22(25,21(29)30)26(19)24-18/h3-10H,2,11-12H2,1H3,(H,29,30)/t22-/m0/s1. The molecule has 8 heteroatoms. The van der Waals surface area contributed by atoms with Crippen molar-refractivity contribution in [2.24, 2.45) is 0 Å². The van der Waals surface area contributed by atoms with Crippen LogP contribution in [0.15, 0.2) is 53.3 Å². The van der Waals surface area contributed by atoms with Crippen LogP contribution in [0.25, 0.3) is 22.6 Å². The molecule has 1 N–H and O–H groups in total. The molecular weight excluding hydrogens is 384 g/mol. The summed E-state index contributed by atoms with van der Waals surface area (Å²) in [4.78, 5) is 43.6. The number of para-hydroxylation sites is 1. The van der Waals surface area contributed by atoms with Crippen LogP contribution >= 0.6 is 0 Å². The fraction of sp³-hybridized carbons (Fsp3) is 0.227. The van der Waals surface area contributed by atoms with E-state index >= 15 is 0 Å². The summed E-state index contributed by atoms with van der Waals surface area (Å²) >= 11 is 0. The minimum atomic E-state index is -1.75. The number of carboxylic acids is 1. The van der Waals surface area contributed by atoms with Gasteiger partial charge < -0.3 is 5.11 Å². The molecule has 0 unspecified atom stereocenters. The third-order valence-corrected chi connectivity index (χ3v) is 5.83. The van der Waals surface area contributed by atoms with Crippen molar-refractivity contribution in [2.45, 2.75) is 31.8 Å². The molecule has 1 amide bonds. The third-order valence-electron chi connectivity index (χ3n) is 5.83. The predicted octanol–water partition coefficient (Wildman–Crippen LogP) is 2.41. The first-order chi connectivity index (χ1) is 14.5. The number of anilines is 1. The highest BCUT2D eigenvalue weighted by Gasteiger charge is 2.58. The lowest BCUT2D eigenvalue weighted by atomic mass is 10.00. The second kappa shape index (κ2) is 6.35. The highest BCUT2D eigenvalue weighted by atomic mass is 16.4. The Bertz CT molecular complexity index is 1260. The van der Waals surface area contributed by atoms with E-state index in [-0.39, 0.29) is 30.3 Å². The summed E-state index contributed by atoms with van der Waals surface area (Å²) in [5.41, 5.74) is 0.348. The molecule has 3 heterocycles. The van der Waals surface area contributed by atoms with Crippen LogP contribution in [-0.2, 0) is 21.7 Å². The van der Waals surface area contributed by atoms with E-state index in [1.807, 2.05) is 19.1 Å². The molecule has 1 saturated heterocycles. The minimum absolute atomic E-state index is 0.0360. The van der Waals surface area contributed by atoms with E-state index < -0.39 is 17.2 Å². The van der Waals surface area contributed by atoms with Gasteiger partial charge in [0.1, 0.15) is 0 Å². The lowest BCUT2D eigenvalue weighted by molar-refractivity contribution is -0.148. The molecule has 0 spiro atoms. The van der Waals surface area contributed by atoms with Gasteiger partial charge in [-0.15, -0.1) is 0 Å². The van der Waals surface area contributed by atoms with Crippen molar-refractivity contribution in [1.82, 2.24) is 14.8 Å². The van der Waals surface area contributed by atoms with Gasteiger partial charge in [0.2, 0.25) is 11.6 Å². The Morgan fingerprint density at radius 3 is 2.57 bits per heavy atom. The van der Waals surface area contributed by atoms with Crippen LogP contribution in [0, 0.1) is 0 Å². The largest absolute Gasteiger partial charge is 0.478 e. The first-order valence-corrected chi connectivity index (χ1v) is 9.74. The van der Waals surface area contributed by atoms with Gasteiger partial charge in [-0.05, 0) is 24.1 Å². The average Bonchev–Trinajstić information content (AvgIpc) is 3.12. The van der Waals surface area contributed by atoms with E-state index in [2.05, 4.69) is 10.1 Å². The SMILES string of the molecule is CCc1ccc(-c2nn3c(nc2=O)-c2ccccc2N2C(=O)CC[C@]23C(=O)O)cc1. The Morgan fingerprint density at radius 2 is 1.87 bits per heavy atom. The normalized spacial score (nSPS) is 19.2. The highest BCUT2D eigenvalue weighted by molar-refractivity contribution is 6.07. The molecular formula is C22H18N4O4. The van der Waals surface area contributed by atoms with Gasteiger partial charge in [0.05, 0.1) is 5.69 Å². The predicted molar refractivity (Wildman–Crippen MR) is 109 cm³/mol. The van der Waals surface area contributed by atoms with Crippen LogP contribution in [0.5, 0.6) is 0 Å². The number of hydrogen-bond acceptors (Lipinski definition) is 5. The molecule has 1 atom stereocenters. The maximum atomic E-state index is 12.9. The van der Waals surface area contributed by atoms with Crippen molar-refractivity contribution in [3.8, 4) is 22.6 Å². The summed E-state index contributed by atoms with van der Waals surface area (Å²) in [6, 6.07) is 14.2. The van der Waals surface area contributed by atoms with Crippen LogP contribution in [0.4, 0.5) is 5.69 Å². The number of benzene rings is 2. The first kappa shape index (κ1) is 18.2. The topological polar surface area (TPSA) is 105 Å². The van der Waals surface area contributed by atoms with Crippen LogP contribution < -0.4 is 10.5 Å². The zero-order chi connectivity index (χ0) is 21.0. The lowest BCUT2D eigenvalue weighted by Crippen LogP contribution is -2.58. The number of carbonyl (C=O) groups is 2. The zero-order valence-corrected chi connectivity index (χ0v) is 16.2. The van der Waals surface area contributed by atoms with Gasteiger partial charge >= 0.3 is 5.97 Å². The number of aryl methyl sites for hydroxylation is 1. The number of fused-ring (bicyclic) bond motifs is 6. The van der Waals surface area contributed by atoms with E-state index in [1.165, 1.54) is 9.58 Å². The number of aliphatic carboxylic acids is 1. The van der Waals surface area contributed by atoms with Crippen molar-refractivity contribution in [3.05, 3.63) is 64.4 Å². The van der Waals surface area contributed by atoms with Crippen molar-refractivity contribution >= 4 is 17.6 Å². The smallest absolute Gasteiger partial charge is 0.353 e. The minimum Gasteiger partial charge on any atom is -0.478 e. The van der Waals surface area contributed by atoms with Gasteiger partial charge in [0.25, 0.3) is 5.56 Å². The molecule has 5 rings (SSSR count). The third kappa shape index (κ3) is 2.30. The molecule has 30 heavy (non-hydrogen) atoms. The number of nitrogens with zero attached hydrogens (tertiary/aromatic N) is 4. The Kier molecular flexibility index (Phi) is 3.86. The molecule has 0 radical (unpaired) electrons. The summed E-state index contributed by atoms with van der Waals surface area (Å²) in [5.74, 6) is -1.36. The Labute approximate surface area is 171 Å². The van der Waals surface area contributed by atoms with Gasteiger partial charge in [0, 0.05) is 24.0 Å². The lowest BCUT2D eigenvalue weighted by Gasteiger charge is -2.41. The van der Waals surface area contributed by atoms with Crippen molar-refractivity contribution < 1.29 is 14.7 Å². The molecule has 8 nitrogen and oxygen atoms in total. The number of carboxylic acid groups (broad SMARTS) is 1. The summed E-state index contributed by atoms with van der Waals surface area (Å²) in [7, 11) is 0. The van der Waals surface area contributed by atoms with E-state index in [9.17, 15) is 19.5 Å². The summed E-state index contributed by atoms with van der Waals surface area (Å²) in [6.45, 7) is 2.03. The van der Waals surface area contributed by atoms with Crippen LogP contribution in [0.2, 0.25) is 0 Å². The highest BCUT2D eigenvalue weighted by Crippen LogP contribution is 2.47. The molecule has 0 aliphatic carbocycles. The molecule has 1 aromatic heterocycles. The monoisotopic (exact) mass is 402 g/mol. The van der Waals surface area contributed by atoms with Gasteiger partial charge in [-0.1, -0.05) is 43.3 Å². The van der Waals surface area contributed by atoms with Crippen molar-refractivity contribution in [2.75, 3.05) is 4.90 Å². The van der Waals surface area contributed by atoms with Crippen LogP contribution in [0.1, 0.15) is 25.3 Å². The molecule has 1 fully saturated rings. The van der Waals surface area contributed by atoms with E-state index in [1.54, 1.807) is 36.4 Å². The van der Waals surface area contributed by atoms with Crippen LogP contribution in [-0.4, -0.2) is 31.7 Å². The number of carbonyl (C=O) groups excluding carboxylic acids is 1. The molecule has 0 bridgehead atoms. The number of rotatable bonds is 3. The average molecular weight is 402 g/mol. The summed E-state index contributed by atoms with van der Waals surface area (Å²) in [6.07, 6.45) is 0.952. The van der Waals surface area contributed by atoms with E-state index in [0.29, 0.717) is 16.8 Å². The second-order valence-corrected chi connectivity index (χ2v) is 7.42. The maximum absolute atomic E-state index is 12.9. The Balaban J connectivity index is 1.83. The fourth-order valence-electron chi connectivity index (χ4n) is 4.29.